The molecule has 206 valence electrons. The van der Waals surface area contributed by atoms with Gasteiger partial charge in [0.2, 0.25) is 0 Å². The van der Waals surface area contributed by atoms with Crippen molar-refractivity contribution < 1.29 is 23.1 Å². The molecule has 36 heavy (non-hydrogen) atoms. The van der Waals surface area contributed by atoms with Gasteiger partial charge in [0.25, 0.3) is 0 Å². The summed E-state index contributed by atoms with van der Waals surface area (Å²) < 4.78 is 27.1. The average molecular weight is 654 g/mol. The van der Waals surface area contributed by atoms with E-state index in [-0.39, 0.29) is 34.7 Å². The van der Waals surface area contributed by atoms with E-state index in [4.69, 9.17) is 18.3 Å². The Morgan fingerprint density at radius 3 is 2.06 bits per heavy atom. The Hall–Kier alpha value is -0.806. The van der Waals surface area contributed by atoms with Crippen LogP contribution < -0.4 is 11.0 Å². The lowest BCUT2D eigenvalue weighted by atomic mass is 10.1. The molecule has 2 rings (SSSR count). The van der Waals surface area contributed by atoms with Gasteiger partial charge in [-0.05, 0) is 72.7 Å². The maximum atomic E-state index is 13.2. The molecule has 0 bridgehead atoms. The van der Waals surface area contributed by atoms with Crippen LogP contribution in [0.4, 0.5) is 10.6 Å². The van der Waals surface area contributed by atoms with E-state index in [1.807, 2.05) is 29.5 Å². The number of nitrogens with zero attached hydrogens (tertiary/aromatic N) is 2. The molecule has 0 radical (unpaired) electrons. The standard InChI is InChI=1S/C24H44IN3O6Si2/c1-13-31-22(30)27-19-16(25)14-28(21(29)26-19)20-18(34-36(11,12)24(6,7)8)17(15(2)32-20)33-35(9,10)23(3,4)5/h14-15,17-18,20H,13H2,1-12H3,(H,26,27,29,30)/t15-,17-,18-,20-/m1/s1. The number of aromatic nitrogens is 2. The van der Waals surface area contributed by atoms with Crippen LogP contribution in [0.5, 0.6) is 0 Å². The molecule has 0 spiro atoms. The Morgan fingerprint density at radius 1 is 1.08 bits per heavy atom. The molecule has 1 aromatic heterocycles. The average Bonchev–Trinajstić information content (AvgIpc) is 2.97. The summed E-state index contributed by atoms with van der Waals surface area (Å²) in [6, 6.07) is 0. The summed E-state index contributed by atoms with van der Waals surface area (Å²) in [7, 11) is -4.44. The summed E-state index contributed by atoms with van der Waals surface area (Å²) in [5, 5.41) is 2.48. The molecule has 1 amide bonds. The van der Waals surface area contributed by atoms with E-state index in [9.17, 15) is 9.59 Å². The number of hydrogen-bond acceptors (Lipinski definition) is 7. The first-order valence-electron chi connectivity index (χ1n) is 12.5. The van der Waals surface area contributed by atoms with Crippen LogP contribution in [-0.2, 0) is 18.3 Å². The Morgan fingerprint density at radius 2 is 1.58 bits per heavy atom. The number of amides is 1. The topological polar surface area (TPSA) is 101 Å². The van der Waals surface area contributed by atoms with E-state index >= 15 is 0 Å². The summed E-state index contributed by atoms with van der Waals surface area (Å²) in [6.45, 7) is 25.9. The van der Waals surface area contributed by atoms with Gasteiger partial charge in [-0.1, -0.05) is 41.5 Å². The number of rotatable bonds is 7. The highest BCUT2D eigenvalue weighted by Gasteiger charge is 2.53. The summed E-state index contributed by atoms with van der Waals surface area (Å²) in [6.07, 6.45) is -0.852. The van der Waals surface area contributed by atoms with Crippen molar-refractivity contribution in [3.05, 3.63) is 20.3 Å². The molecule has 9 nitrogen and oxygen atoms in total. The number of ether oxygens (including phenoxy) is 2. The van der Waals surface area contributed by atoms with Crippen LogP contribution in [0.1, 0.15) is 61.6 Å². The van der Waals surface area contributed by atoms with Crippen LogP contribution in [0.15, 0.2) is 11.0 Å². The largest absolute Gasteiger partial charge is 0.450 e. The smallest absolute Gasteiger partial charge is 0.412 e. The molecule has 4 atom stereocenters. The highest BCUT2D eigenvalue weighted by Crippen LogP contribution is 2.45. The summed E-state index contributed by atoms with van der Waals surface area (Å²) in [5.74, 6) is 0.150. The van der Waals surface area contributed by atoms with Gasteiger partial charge in [-0.25, -0.2) is 9.59 Å². The van der Waals surface area contributed by atoms with Crippen LogP contribution in [-0.4, -0.2) is 57.2 Å². The lowest BCUT2D eigenvalue weighted by Crippen LogP contribution is -2.53. The fourth-order valence-electron chi connectivity index (χ4n) is 3.33. The minimum absolute atomic E-state index is 0.000513. The molecule has 1 saturated heterocycles. The highest BCUT2D eigenvalue weighted by molar-refractivity contribution is 14.1. The first-order chi connectivity index (χ1) is 16.2. The predicted octanol–water partition coefficient (Wildman–Crippen LogP) is 6.11. The van der Waals surface area contributed by atoms with Gasteiger partial charge >= 0.3 is 11.8 Å². The Bertz CT molecular complexity index is 1000. The van der Waals surface area contributed by atoms with E-state index < -0.39 is 40.7 Å². The van der Waals surface area contributed by atoms with Gasteiger partial charge < -0.3 is 18.3 Å². The number of carbonyl (C=O) groups excluding carboxylic acids is 1. The van der Waals surface area contributed by atoms with Gasteiger partial charge in [0.1, 0.15) is 12.2 Å². The first-order valence-corrected chi connectivity index (χ1v) is 19.3. The van der Waals surface area contributed by atoms with Gasteiger partial charge in [-0.3, -0.25) is 9.88 Å². The van der Waals surface area contributed by atoms with Crippen molar-refractivity contribution in [2.45, 2.75) is 116 Å². The van der Waals surface area contributed by atoms with E-state index in [0.717, 1.165) is 0 Å². The number of nitrogens with one attached hydrogen (secondary N) is 1. The summed E-state index contributed by atoms with van der Waals surface area (Å²) in [5.41, 5.74) is -0.545. The third-order valence-corrected chi connectivity index (χ3v) is 17.3. The minimum atomic E-state index is -2.27. The Labute approximate surface area is 231 Å². The van der Waals surface area contributed by atoms with Crippen molar-refractivity contribution in [2.24, 2.45) is 0 Å². The number of halogens is 1. The molecule has 2 heterocycles. The molecule has 1 aliphatic heterocycles. The van der Waals surface area contributed by atoms with Crippen molar-refractivity contribution in [1.82, 2.24) is 9.55 Å². The summed E-state index contributed by atoms with van der Waals surface area (Å²) in [4.78, 5) is 29.2. The van der Waals surface area contributed by atoms with E-state index in [1.54, 1.807) is 13.1 Å². The third kappa shape index (κ3) is 6.98. The molecule has 0 unspecified atom stereocenters. The van der Waals surface area contributed by atoms with Crippen molar-refractivity contribution >= 4 is 51.1 Å². The van der Waals surface area contributed by atoms with Crippen LogP contribution >= 0.6 is 22.6 Å². The van der Waals surface area contributed by atoms with Gasteiger partial charge in [-0.2, -0.15) is 4.98 Å². The first kappa shape index (κ1) is 31.4. The van der Waals surface area contributed by atoms with E-state index in [1.165, 1.54) is 4.57 Å². The molecular formula is C24H44IN3O6Si2. The van der Waals surface area contributed by atoms with Crippen molar-refractivity contribution in [2.75, 3.05) is 11.9 Å². The molecule has 0 saturated carbocycles. The zero-order valence-electron chi connectivity index (χ0n) is 23.8. The van der Waals surface area contributed by atoms with Gasteiger partial charge in [-0.15, -0.1) is 0 Å². The molecule has 1 aromatic rings. The molecule has 1 N–H and O–H groups in total. The normalized spacial score (nSPS) is 23.6. The zero-order chi connectivity index (χ0) is 27.9. The molecule has 1 aliphatic rings. The molecule has 0 aromatic carbocycles. The van der Waals surface area contributed by atoms with E-state index in [0.29, 0.717) is 3.57 Å². The minimum Gasteiger partial charge on any atom is -0.450 e. The third-order valence-electron chi connectivity index (χ3n) is 7.57. The summed E-state index contributed by atoms with van der Waals surface area (Å²) >= 11 is 2.04. The second kappa shape index (κ2) is 11.1. The zero-order valence-corrected chi connectivity index (χ0v) is 28.0. The quantitative estimate of drug-likeness (QED) is 0.280. The van der Waals surface area contributed by atoms with Crippen LogP contribution in [0, 0.1) is 3.57 Å². The molecule has 0 aliphatic carbocycles. The fourth-order valence-corrected chi connectivity index (χ4v) is 6.53. The van der Waals surface area contributed by atoms with Crippen molar-refractivity contribution in [1.29, 1.82) is 0 Å². The van der Waals surface area contributed by atoms with Crippen LogP contribution in [0.25, 0.3) is 0 Å². The highest BCUT2D eigenvalue weighted by atomic mass is 127. The predicted molar refractivity (Wildman–Crippen MR) is 156 cm³/mol. The maximum Gasteiger partial charge on any atom is 0.412 e. The molecular weight excluding hydrogens is 609 g/mol. The lowest BCUT2D eigenvalue weighted by molar-refractivity contribution is -0.0311. The number of anilines is 1. The second-order valence-corrected chi connectivity index (χ2v) is 23.1. The number of hydrogen-bond donors (Lipinski definition) is 1. The fraction of sp³-hybridized carbons (Fsp3) is 0.792. The van der Waals surface area contributed by atoms with Gasteiger partial charge in [0, 0.05) is 6.20 Å². The monoisotopic (exact) mass is 653 g/mol. The Balaban J connectivity index is 2.54. The number of carbonyl (C=O) groups is 1. The van der Waals surface area contributed by atoms with Crippen LogP contribution in [0.2, 0.25) is 36.3 Å². The van der Waals surface area contributed by atoms with Crippen LogP contribution in [0.3, 0.4) is 0 Å². The second-order valence-electron chi connectivity index (χ2n) is 12.4. The van der Waals surface area contributed by atoms with Gasteiger partial charge in [0.15, 0.2) is 28.7 Å². The van der Waals surface area contributed by atoms with Crippen molar-refractivity contribution in [3.8, 4) is 0 Å². The Kier molecular flexibility index (Phi) is 9.71. The van der Waals surface area contributed by atoms with Crippen molar-refractivity contribution in [3.63, 3.8) is 0 Å². The SMILES string of the molecule is CCOC(=O)Nc1nc(=O)n([C@@H]2O[C@H](C)[C@@H](O[Si](C)(C)C(C)(C)C)[C@H]2O[Si](C)(C)C(C)(C)C)cc1I. The van der Waals surface area contributed by atoms with Gasteiger partial charge in [0.05, 0.1) is 16.3 Å². The maximum absolute atomic E-state index is 13.2. The molecule has 12 heteroatoms. The lowest BCUT2D eigenvalue weighted by Gasteiger charge is -2.44. The molecule has 1 fully saturated rings. The van der Waals surface area contributed by atoms with E-state index in [2.05, 4.69) is 78.0 Å².